The van der Waals surface area contributed by atoms with Gasteiger partial charge in [-0.1, -0.05) is 42.5 Å². The topological polar surface area (TPSA) is 68.4 Å². The van der Waals surface area contributed by atoms with Crippen molar-refractivity contribution in [3.63, 3.8) is 0 Å². The molecule has 1 aromatic heterocycles. The molecule has 0 unspecified atom stereocenters. The number of carbonyl (C=O) groups is 2. The Hall–Kier alpha value is -3.12. The summed E-state index contributed by atoms with van der Waals surface area (Å²) in [5.74, 6) is 0.167. The smallest absolute Gasteiger partial charge is 0.234 e. The third-order valence-electron chi connectivity index (χ3n) is 5.85. The molecule has 4 rings (SSSR count). The molecule has 1 aliphatic rings. The zero-order valence-electron chi connectivity index (χ0n) is 17.4. The number of H-pyrrole nitrogens is 1. The lowest BCUT2D eigenvalue weighted by molar-refractivity contribution is -0.132. The van der Waals surface area contributed by atoms with Crippen LogP contribution in [0.3, 0.4) is 0 Å². The zero-order chi connectivity index (χ0) is 20.9. The molecule has 1 fully saturated rings. The highest BCUT2D eigenvalue weighted by atomic mass is 16.2. The van der Waals surface area contributed by atoms with Crippen molar-refractivity contribution < 1.29 is 9.59 Å². The molecule has 3 aromatic rings. The van der Waals surface area contributed by atoms with Gasteiger partial charge in [0.1, 0.15) is 0 Å². The summed E-state index contributed by atoms with van der Waals surface area (Å²) in [6, 6.07) is 16.1. The second kappa shape index (κ2) is 9.13. The summed E-state index contributed by atoms with van der Waals surface area (Å²) < 4.78 is 0. The zero-order valence-corrected chi connectivity index (χ0v) is 17.4. The Kier molecular flexibility index (Phi) is 6.14. The molecule has 156 valence electrons. The number of para-hydroxylation sites is 1. The maximum Gasteiger partial charge on any atom is 0.234 e. The summed E-state index contributed by atoms with van der Waals surface area (Å²) in [5, 5.41) is 4.11. The number of amides is 2. The molecule has 6 nitrogen and oxygen atoms in total. The van der Waals surface area contributed by atoms with Crippen LogP contribution in [0.1, 0.15) is 16.7 Å². The van der Waals surface area contributed by atoms with E-state index in [1.165, 1.54) is 5.56 Å². The Morgan fingerprint density at radius 1 is 0.967 bits per heavy atom. The van der Waals surface area contributed by atoms with Gasteiger partial charge in [-0.15, -0.1) is 0 Å². The van der Waals surface area contributed by atoms with Gasteiger partial charge < -0.3 is 15.2 Å². The molecule has 0 radical (unpaired) electrons. The molecule has 2 heterocycles. The molecule has 30 heavy (non-hydrogen) atoms. The molecule has 0 aliphatic carbocycles. The highest BCUT2D eigenvalue weighted by Crippen LogP contribution is 2.19. The number of piperazine rings is 1. The number of rotatable bonds is 6. The van der Waals surface area contributed by atoms with Crippen LogP contribution in [0.5, 0.6) is 0 Å². The van der Waals surface area contributed by atoms with Crippen LogP contribution in [0.4, 0.5) is 0 Å². The van der Waals surface area contributed by atoms with E-state index < -0.39 is 0 Å². The molecule has 1 saturated heterocycles. The van der Waals surface area contributed by atoms with E-state index in [2.05, 4.69) is 15.2 Å². The van der Waals surface area contributed by atoms with Crippen molar-refractivity contribution in [2.24, 2.45) is 0 Å². The second-order valence-corrected chi connectivity index (χ2v) is 7.90. The van der Waals surface area contributed by atoms with Gasteiger partial charge in [0.15, 0.2) is 0 Å². The predicted molar refractivity (Wildman–Crippen MR) is 118 cm³/mol. The van der Waals surface area contributed by atoms with Gasteiger partial charge >= 0.3 is 0 Å². The molecule has 0 spiro atoms. The first kappa shape index (κ1) is 20.2. The molecule has 0 saturated carbocycles. The lowest BCUT2D eigenvalue weighted by Gasteiger charge is -2.34. The first-order valence-electron chi connectivity index (χ1n) is 10.5. The number of carbonyl (C=O) groups excluding carboxylic acids is 2. The van der Waals surface area contributed by atoms with E-state index >= 15 is 0 Å². The fourth-order valence-electron chi connectivity index (χ4n) is 3.97. The Morgan fingerprint density at radius 2 is 1.70 bits per heavy atom. The monoisotopic (exact) mass is 404 g/mol. The van der Waals surface area contributed by atoms with E-state index in [4.69, 9.17) is 0 Å². The van der Waals surface area contributed by atoms with Gasteiger partial charge in [0.25, 0.3) is 0 Å². The van der Waals surface area contributed by atoms with Crippen LogP contribution in [0.15, 0.2) is 54.7 Å². The standard InChI is InChI=1S/C24H28N4O2/c1-18-6-2-3-7-19(18)15-26-23(29)17-27-10-12-28(13-11-27)24(30)14-20-16-25-22-9-5-4-8-21(20)22/h2-9,16,25H,10-15,17H2,1H3,(H,26,29). The van der Waals surface area contributed by atoms with Crippen LogP contribution < -0.4 is 5.32 Å². The van der Waals surface area contributed by atoms with Crippen LogP contribution in [-0.4, -0.2) is 59.3 Å². The number of nitrogens with one attached hydrogen (secondary N) is 2. The summed E-state index contributed by atoms with van der Waals surface area (Å²) in [5.41, 5.74) is 4.41. The number of benzene rings is 2. The maximum atomic E-state index is 12.7. The first-order chi connectivity index (χ1) is 14.6. The van der Waals surface area contributed by atoms with Gasteiger partial charge in [-0.05, 0) is 29.7 Å². The van der Waals surface area contributed by atoms with Crippen molar-refractivity contribution in [2.45, 2.75) is 19.9 Å². The third kappa shape index (κ3) is 4.71. The number of aromatic amines is 1. The molecule has 1 aliphatic heterocycles. The van der Waals surface area contributed by atoms with Crippen LogP contribution >= 0.6 is 0 Å². The van der Waals surface area contributed by atoms with Crippen molar-refractivity contribution in [3.8, 4) is 0 Å². The average molecular weight is 405 g/mol. The number of aromatic nitrogens is 1. The highest BCUT2D eigenvalue weighted by molar-refractivity contribution is 5.89. The Balaban J connectivity index is 1.23. The molecule has 0 bridgehead atoms. The van der Waals surface area contributed by atoms with Crippen LogP contribution in [-0.2, 0) is 22.6 Å². The van der Waals surface area contributed by atoms with Crippen LogP contribution in [0.25, 0.3) is 10.9 Å². The van der Waals surface area contributed by atoms with Gasteiger partial charge in [0.05, 0.1) is 13.0 Å². The van der Waals surface area contributed by atoms with Gasteiger partial charge in [-0.2, -0.15) is 0 Å². The summed E-state index contributed by atoms with van der Waals surface area (Å²) in [6.07, 6.45) is 2.33. The molecular formula is C24H28N4O2. The lowest BCUT2D eigenvalue weighted by atomic mass is 10.1. The van der Waals surface area contributed by atoms with Crippen molar-refractivity contribution in [3.05, 3.63) is 71.4 Å². The minimum absolute atomic E-state index is 0.0248. The summed E-state index contributed by atoms with van der Waals surface area (Å²) in [7, 11) is 0. The fraction of sp³-hybridized carbons (Fsp3) is 0.333. The van der Waals surface area contributed by atoms with Crippen molar-refractivity contribution >= 4 is 22.7 Å². The third-order valence-corrected chi connectivity index (χ3v) is 5.85. The van der Waals surface area contributed by atoms with Gasteiger partial charge in [0.2, 0.25) is 11.8 Å². The van der Waals surface area contributed by atoms with Gasteiger partial charge in [-0.3, -0.25) is 14.5 Å². The van der Waals surface area contributed by atoms with E-state index in [1.807, 2.05) is 66.6 Å². The normalized spacial score (nSPS) is 14.8. The number of nitrogens with zero attached hydrogens (tertiary/aromatic N) is 2. The van der Waals surface area contributed by atoms with Crippen molar-refractivity contribution in [2.75, 3.05) is 32.7 Å². The number of fused-ring (bicyclic) bond motifs is 1. The fourth-order valence-corrected chi connectivity index (χ4v) is 3.97. The number of hydrogen-bond donors (Lipinski definition) is 2. The Bertz CT molecular complexity index is 1030. The SMILES string of the molecule is Cc1ccccc1CNC(=O)CN1CCN(C(=O)Cc2c[nH]c3ccccc23)CC1. The van der Waals surface area contributed by atoms with Gasteiger partial charge in [-0.25, -0.2) is 0 Å². The summed E-state index contributed by atoms with van der Waals surface area (Å²) in [6.45, 7) is 5.73. The quantitative estimate of drug-likeness (QED) is 0.663. The van der Waals surface area contributed by atoms with Crippen molar-refractivity contribution in [1.29, 1.82) is 0 Å². The average Bonchev–Trinajstić information content (AvgIpc) is 3.16. The van der Waals surface area contributed by atoms with Crippen LogP contribution in [0.2, 0.25) is 0 Å². The summed E-state index contributed by atoms with van der Waals surface area (Å²) >= 11 is 0. The minimum Gasteiger partial charge on any atom is -0.361 e. The van der Waals surface area contributed by atoms with E-state index in [0.717, 1.165) is 35.1 Å². The van der Waals surface area contributed by atoms with Gasteiger partial charge in [0, 0.05) is 49.8 Å². The lowest BCUT2D eigenvalue weighted by Crippen LogP contribution is -2.51. The minimum atomic E-state index is 0.0248. The molecule has 2 amide bonds. The largest absolute Gasteiger partial charge is 0.361 e. The Morgan fingerprint density at radius 3 is 2.50 bits per heavy atom. The Labute approximate surface area is 176 Å². The first-order valence-corrected chi connectivity index (χ1v) is 10.5. The molecule has 0 atom stereocenters. The van der Waals surface area contributed by atoms with Crippen molar-refractivity contribution in [1.82, 2.24) is 20.1 Å². The number of hydrogen-bond acceptors (Lipinski definition) is 3. The van der Waals surface area contributed by atoms with E-state index in [0.29, 0.717) is 32.6 Å². The molecule has 2 aromatic carbocycles. The van der Waals surface area contributed by atoms with E-state index in [9.17, 15) is 9.59 Å². The number of aryl methyl sites for hydroxylation is 1. The summed E-state index contributed by atoms with van der Waals surface area (Å²) in [4.78, 5) is 32.3. The molecule has 6 heteroatoms. The predicted octanol–water partition coefficient (Wildman–Crippen LogP) is 2.48. The maximum absolute atomic E-state index is 12.7. The molecular weight excluding hydrogens is 376 g/mol. The van der Waals surface area contributed by atoms with E-state index in [-0.39, 0.29) is 11.8 Å². The van der Waals surface area contributed by atoms with E-state index in [1.54, 1.807) is 0 Å². The van der Waals surface area contributed by atoms with Crippen LogP contribution in [0, 0.1) is 6.92 Å². The molecule has 2 N–H and O–H groups in total. The second-order valence-electron chi connectivity index (χ2n) is 7.90. The highest BCUT2D eigenvalue weighted by Gasteiger charge is 2.23.